The topological polar surface area (TPSA) is 88.2 Å². The van der Waals surface area contributed by atoms with E-state index in [0.717, 1.165) is 17.4 Å². The van der Waals surface area contributed by atoms with E-state index in [4.69, 9.17) is 9.57 Å². The van der Waals surface area contributed by atoms with Gasteiger partial charge < -0.3 is 4.74 Å². The summed E-state index contributed by atoms with van der Waals surface area (Å²) in [6.07, 6.45) is 0. The Morgan fingerprint density at radius 2 is 2.00 bits per heavy atom. The SMILES string of the molecule is Cc1ccc(C(=O)NOCCN2CCOCC2)cc1S(=O)(=O)N(C)C. The predicted molar refractivity (Wildman–Crippen MR) is 92.7 cm³/mol. The second-order valence-electron chi connectivity index (χ2n) is 6.00. The highest BCUT2D eigenvalue weighted by atomic mass is 32.2. The summed E-state index contributed by atoms with van der Waals surface area (Å²) in [7, 11) is -0.700. The molecule has 140 valence electrons. The Bertz CT molecular complexity index is 700. The zero-order chi connectivity index (χ0) is 18.4. The molecule has 2 rings (SSSR count). The number of hydrogen-bond acceptors (Lipinski definition) is 6. The van der Waals surface area contributed by atoms with Gasteiger partial charge in [0.15, 0.2) is 0 Å². The predicted octanol–water partition coefficient (Wildman–Crippen LogP) is 0.239. The minimum absolute atomic E-state index is 0.110. The third-order valence-corrected chi connectivity index (χ3v) is 5.94. The van der Waals surface area contributed by atoms with Gasteiger partial charge in [-0.1, -0.05) is 6.07 Å². The minimum Gasteiger partial charge on any atom is -0.379 e. The lowest BCUT2D eigenvalue weighted by atomic mass is 10.1. The van der Waals surface area contributed by atoms with Crippen molar-refractivity contribution in [3.63, 3.8) is 0 Å². The highest BCUT2D eigenvalue weighted by Crippen LogP contribution is 2.19. The molecule has 1 N–H and O–H groups in total. The Labute approximate surface area is 148 Å². The monoisotopic (exact) mass is 371 g/mol. The molecule has 9 heteroatoms. The highest BCUT2D eigenvalue weighted by molar-refractivity contribution is 7.89. The van der Waals surface area contributed by atoms with E-state index in [1.807, 2.05) is 0 Å². The van der Waals surface area contributed by atoms with Crippen LogP contribution in [0, 0.1) is 6.92 Å². The van der Waals surface area contributed by atoms with Gasteiger partial charge >= 0.3 is 0 Å². The fourth-order valence-electron chi connectivity index (χ4n) is 2.39. The van der Waals surface area contributed by atoms with Gasteiger partial charge in [0.25, 0.3) is 5.91 Å². The van der Waals surface area contributed by atoms with Crippen LogP contribution in [0.5, 0.6) is 0 Å². The maximum atomic E-state index is 12.3. The second kappa shape index (κ2) is 8.72. The van der Waals surface area contributed by atoms with Gasteiger partial charge in [-0.25, -0.2) is 18.2 Å². The van der Waals surface area contributed by atoms with Crippen LogP contribution in [-0.2, 0) is 19.6 Å². The molecule has 1 aromatic carbocycles. The van der Waals surface area contributed by atoms with Crippen molar-refractivity contribution in [2.24, 2.45) is 0 Å². The summed E-state index contributed by atoms with van der Waals surface area (Å²) >= 11 is 0. The van der Waals surface area contributed by atoms with Crippen LogP contribution >= 0.6 is 0 Å². The average Bonchev–Trinajstić information content (AvgIpc) is 2.59. The van der Waals surface area contributed by atoms with E-state index in [1.165, 1.54) is 20.2 Å². The lowest BCUT2D eigenvalue weighted by Crippen LogP contribution is -2.39. The van der Waals surface area contributed by atoms with Crippen molar-refractivity contribution >= 4 is 15.9 Å². The van der Waals surface area contributed by atoms with Gasteiger partial charge in [0.1, 0.15) is 0 Å². The first-order valence-corrected chi connectivity index (χ1v) is 9.52. The largest absolute Gasteiger partial charge is 0.379 e. The van der Waals surface area contributed by atoms with Crippen LogP contribution in [0.2, 0.25) is 0 Å². The number of ether oxygens (including phenoxy) is 1. The number of morpholine rings is 1. The molecule has 1 saturated heterocycles. The van der Waals surface area contributed by atoms with Gasteiger partial charge in [0.05, 0.1) is 24.7 Å². The van der Waals surface area contributed by atoms with E-state index >= 15 is 0 Å². The number of nitrogens with one attached hydrogen (secondary N) is 1. The zero-order valence-electron chi connectivity index (χ0n) is 14.8. The van der Waals surface area contributed by atoms with Gasteiger partial charge in [-0.3, -0.25) is 14.5 Å². The number of hydroxylamine groups is 1. The van der Waals surface area contributed by atoms with E-state index < -0.39 is 15.9 Å². The first kappa shape index (κ1) is 19.8. The maximum Gasteiger partial charge on any atom is 0.274 e. The number of aryl methyl sites for hydroxylation is 1. The average molecular weight is 371 g/mol. The van der Waals surface area contributed by atoms with Crippen LogP contribution in [0.15, 0.2) is 23.1 Å². The molecule has 0 unspecified atom stereocenters. The van der Waals surface area contributed by atoms with E-state index in [1.54, 1.807) is 19.1 Å². The minimum atomic E-state index is -3.61. The summed E-state index contributed by atoms with van der Waals surface area (Å²) < 4.78 is 31.0. The van der Waals surface area contributed by atoms with Crippen molar-refractivity contribution in [2.45, 2.75) is 11.8 Å². The Hall–Kier alpha value is -1.52. The van der Waals surface area contributed by atoms with Crippen molar-refractivity contribution < 1.29 is 22.8 Å². The zero-order valence-corrected chi connectivity index (χ0v) is 15.6. The number of benzene rings is 1. The first-order chi connectivity index (χ1) is 11.8. The maximum absolute atomic E-state index is 12.3. The number of amides is 1. The highest BCUT2D eigenvalue weighted by Gasteiger charge is 2.21. The lowest BCUT2D eigenvalue weighted by Gasteiger charge is -2.26. The van der Waals surface area contributed by atoms with Gasteiger partial charge in [-0.15, -0.1) is 0 Å². The molecular formula is C16H25N3O5S. The molecule has 1 amide bonds. The van der Waals surface area contributed by atoms with Crippen molar-refractivity contribution in [2.75, 3.05) is 53.6 Å². The molecule has 0 atom stereocenters. The fraction of sp³-hybridized carbons (Fsp3) is 0.562. The number of carbonyl (C=O) groups excluding carboxylic acids is 1. The number of carbonyl (C=O) groups is 1. The molecule has 0 aliphatic carbocycles. The van der Waals surface area contributed by atoms with Gasteiger partial charge in [0.2, 0.25) is 10.0 Å². The van der Waals surface area contributed by atoms with Crippen LogP contribution in [-0.4, -0.2) is 77.1 Å². The fourth-order valence-corrected chi connectivity index (χ4v) is 3.54. The molecule has 0 bridgehead atoms. The second-order valence-corrected chi connectivity index (χ2v) is 8.12. The third-order valence-electron chi connectivity index (χ3n) is 3.99. The molecule has 0 radical (unpaired) electrons. The van der Waals surface area contributed by atoms with Gasteiger partial charge in [0, 0.05) is 39.3 Å². The van der Waals surface area contributed by atoms with Crippen LogP contribution in [0.25, 0.3) is 0 Å². The molecule has 0 spiro atoms. The number of hydrogen-bond donors (Lipinski definition) is 1. The molecule has 1 aliphatic heterocycles. The van der Waals surface area contributed by atoms with E-state index in [2.05, 4.69) is 10.4 Å². The van der Waals surface area contributed by atoms with Gasteiger partial charge in [-0.2, -0.15) is 0 Å². The summed E-state index contributed by atoms with van der Waals surface area (Å²) in [4.78, 5) is 19.7. The molecule has 1 heterocycles. The van der Waals surface area contributed by atoms with Crippen LogP contribution in [0.3, 0.4) is 0 Å². The van der Waals surface area contributed by atoms with Crippen molar-refractivity contribution in [3.05, 3.63) is 29.3 Å². The molecule has 1 aliphatic rings. The number of nitrogens with zero attached hydrogens (tertiary/aromatic N) is 2. The smallest absolute Gasteiger partial charge is 0.274 e. The van der Waals surface area contributed by atoms with Crippen molar-refractivity contribution in [3.8, 4) is 0 Å². The summed E-state index contributed by atoms with van der Waals surface area (Å²) in [5.74, 6) is -0.475. The normalized spacial score (nSPS) is 16.2. The van der Waals surface area contributed by atoms with Crippen molar-refractivity contribution in [1.82, 2.24) is 14.7 Å². The molecule has 25 heavy (non-hydrogen) atoms. The first-order valence-electron chi connectivity index (χ1n) is 8.08. The quantitative estimate of drug-likeness (QED) is 0.546. The van der Waals surface area contributed by atoms with E-state index in [9.17, 15) is 13.2 Å². The Morgan fingerprint density at radius 1 is 1.32 bits per heavy atom. The van der Waals surface area contributed by atoms with Crippen LogP contribution < -0.4 is 5.48 Å². The van der Waals surface area contributed by atoms with Crippen LogP contribution in [0.4, 0.5) is 0 Å². The lowest BCUT2D eigenvalue weighted by molar-refractivity contribution is -0.00177. The molecule has 0 saturated carbocycles. The van der Waals surface area contributed by atoms with Crippen molar-refractivity contribution in [1.29, 1.82) is 0 Å². The summed E-state index contributed by atoms with van der Waals surface area (Å²) in [5, 5.41) is 0. The molecule has 0 aromatic heterocycles. The van der Waals surface area contributed by atoms with E-state index in [-0.39, 0.29) is 10.5 Å². The summed E-state index contributed by atoms with van der Waals surface area (Å²) in [6.45, 7) is 5.84. The molecule has 1 aromatic rings. The Balaban J connectivity index is 1.93. The molecular weight excluding hydrogens is 346 g/mol. The standard InChI is InChI=1S/C16H25N3O5S/c1-13-4-5-14(12-15(13)25(21,22)18(2)3)16(20)17-24-11-8-19-6-9-23-10-7-19/h4-5,12H,6-11H2,1-3H3,(H,17,20). The van der Waals surface area contributed by atoms with Crippen LogP contribution in [0.1, 0.15) is 15.9 Å². The summed E-state index contributed by atoms with van der Waals surface area (Å²) in [5.41, 5.74) is 3.18. The summed E-state index contributed by atoms with van der Waals surface area (Å²) in [6, 6.07) is 4.55. The molecule has 1 fully saturated rings. The molecule has 8 nitrogen and oxygen atoms in total. The van der Waals surface area contributed by atoms with E-state index in [0.29, 0.717) is 31.9 Å². The third kappa shape index (κ3) is 5.23. The number of sulfonamides is 1. The Morgan fingerprint density at radius 3 is 2.64 bits per heavy atom. The number of rotatable bonds is 7. The Kier molecular flexibility index (Phi) is 6.91. The van der Waals surface area contributed by atoms with Gasteiger partial charge in [-0.05, 0) is 24.6 Å².